The van der Waals surface area contributed by atoms with E-state index in [0.717, 1.165) is 29.1 Å². The second-order valence-corrected chi connectivity index (χ2v) is 9.98. The average Bonchev–Trinajstić information content (AvgIpc) is 3.53. The van der Waals surface area contributed by atoms with Crippen molar-refractivity contribution in [2.45, 2.75) is 25.0 Å². The first-order valence-corrected chi connectivity index (χ1v) is 13.0. The number of hydrogen-bond donors (Lipinski definition) is 1. The summed E-state index contributed by atoms with van der Waals surface area (Å²) in [6, 6.07) is 9.58. The van der Waals surface area contributed by atoms with Gasteiger partial charge in [0.05, 0.1) is 11.4 Å². The molecular weight excluding hydrogens is 482 g/mol. The summed E-state index contributed by atoms with van der Waals surface area (Å²) in [5, 5.41) is 17.4. The minimum absolute atomic E-state index is 0.148. The van der Waals surface area contributed by atoms with Crippen LogP contribution in [0.2, 0.25) is 5.02 Å². The number of nitrogens with zero attached hydrogens (tertiary/aromatic N) is 4. The number of thioether (sulfide) groups is 1. The lowest BCUT2D eigenvalue weighted by atomic mass is 10.2. The van der Waals surface area contributed by atoms with Gasteiger partial charge >= 0.3 is 0 Å². The Morgan fingerprint density at radius 3 is 2.75 bits per heavy atom. The number of carbonyl (C=O) groups excluding carboxylic acids is 1. The number of rotatable bonds is 9. The third kappa shape index (κ3) is 5.29. The summed E-state index contributed by atoms with van der Waals surface area (Å²) in [7, 11) is 0. The number of thiazole rings is 1. The number of nitrogens with one attached hydrogen (secondary N) is 1. The smallest absolute Gasteiger partial charge is 0.236 e. The Labute approximate surface area is 203 Å². The lowest BCUT2D eigenvalue weighted by molar-refractivity contribution is -0.113. The summed E-state index contributed by atoms with van der Waals surface area (Å²) in [5.41, 5.74) is 2.78. The summed E-state index contributed by atoms with van der Waals surface area (Å²) >= 11 is 10.4. The normalized spacial score (nSPS) is 10.9. The fourth-order valence-electron chi connectivity index (χ4n) is 2.96. The molecule has 4 aromatic rings. The van der Waals surface area contributed by atoms with Crippen molar-refractivity contribution >= 4 is 57.1 Å². The molecule has 0 saturated heterocycles. The second kappa shape index (κ2) is 10.4. The number of anilines is 1. The molecule has 0 aliphatic heterocycles. The minimum Gasteiger partial charge on any atom is -0.301 e. The predicted molar refractivity (Wildman–Crippen MR) is 135 cm³/mol. The zero-order valence-electron chi connectivity index (χ0n) is 17.2. The van der Waals surface area contributed by atoms with Gasteiger partial charge in [0.2, 0.25) is 5.91 Å². The van der Waals surface area contributed by atoms with Gasteiger partial charge in [-0.15, -0.1) is 39.4 Å². The number of benzene rings is 1. The number of amides is 1. The van der Waals surface area contributed by atoms with Gasteiger partial charge in [0.1, 0.15) is 0 Å². The summed E-state index contributed by atoms with van der Waals surface area (Å²) in [5.74, 6) is 0.844. The van der Waals surface area contributed by atoms with Gasteiger partial charge in [-0.2, -0.15) is 0 Å². The molecule has 0 fully saturated rings. The Balaban J connectivity index is 1.41. The topological polar surface area (TPSA) is 72.7 Å². The van der Waals surface area contributed by atoms with Crippen LogP contribution in [0.25, 0.3) is 22.6 Å². The van der Waals surface area contributed by atoms with Crippen LogP contribution in [-0.2, 0) is 17.8 Å². The maximum Gasteiger partial charge on any atom is 0.236 e. The maximum absolute atomic E-state index is 12.5. The summed E-state index contributed by atoms with van der Waals surface area (Å²) in [4.78, 5) is 18.3. The van der Waals surface area contributed by atoms with E-state index in [1.54, 1.807) is 17.4 Å². The van der Waals surface area contributed by atoms with E-state index >= 15 is 0 Å². The van der Waals surface area contributed by atoms with E-state index < -0.39 is 0 Å². The first-order chi connectivity index (χ1) is 15.6. The molecule has 0 atom stereocenters. The van der Waals surface area contributed by atoms with Crippen molar-refractivity contribution in [3.05, 3.63) is 63.6 Å². The molecule has 32 heavy (non-hydrogen) atoms. The highest BCUT2D eigenvalue weighted by Crippen LogP contribution is 2.29. The Morgan fingerprint density at radius 2 is 2.03 bits per heavy atom. The highest BCUT2D eigenvalue weighted by molar-refractivity contribution is 7.99. The van der Waals surface area contributed by atoms with Crippen LogP contribution < -0.4 is 5.32 Å². The van der Waals surface area contributed by atoms with Gasteiger partial charge in [0.25, 0.3) is 0 Å². The predicted octanol–water partition coefficient (Wildman–Crippen LogP) is 6.26. The Kier molecular flexibility index (Phi) is 7.41. The first-order valence-electron chi connectivity index (χ1n) is 9.83. The van der Waals surface area contributed by atoms with Gasteiger partial charge < -0.3 is 5.32 Å². The van der Waals surface area contributed by atoms with Gasteiger partial charge in [-0.25, -0.2) is 4.98 Å². The molecule has 1 amide bonds. The van der Waals surface area contributed by atoms with Gasteiger partial charge in [-0.05, 0) is 24.6 Å². The van der Waals surface area contributed by atoms with E-state index in [4.69, 9.17) is 11.6 Å². The number of allylic oxidation sites excluding steroid dienone is 1. The monoisotopic (exact) mass is 501 g/mol. The van der Waals surface area contributed by atoms with Crippen LogP contribution in [0.3, 0.4) is 0 Å². The molecule has 164 valence electrons. The number of aromatic nitrogens is 4. The Hall–Kier alpha value is -2.46. The summed E-state index contributed by atoms with van der Waals surface area (Å²) < 4.78 is 1.98. The van der Waals surface area contributed by atoms with Crippen LogP contribution in [0.1, 0.15) is 11.8 Å². The van der Waals surface area contributed by atoms with Gasteiger partial charge in [-0.3, -0.25) is 9.36 Å². The standard InChI is InChI=1S/C22H20ClN5OS3/c1-3-9-28-20(15-10-17(4-2)30-11-15)26-27-22(28)32-13-19(29)25-21-24-18(12-31-21)14-5-7-16(23)8-6-14/h3,5-8,10-12H,1,4,9,13H2,2H3,(H,24,25,29). The molecule has 0 aliphatic rings. The first kappa shape index (κ1) is 22.7. The third-order valence-corrected chi connectivity index (χ3v) is 7.57. The molecule has 3 heterocycles. The highest BCUT2D eigenvalue weighted by atomic mass is 35.5. The molecule has 1 aromatic carbocycles. The number of hydrogen-bond acceptors (Lipinski definition) is 7. The van der Waals surface area contributed by atoms with E-state index in [9.17, 15) is 4.79 Å². The minimum atomic E-state index is -0.148. The van der Waals surface area contributed by atoms with Gasteiger partial charge in [0, 0.05) is 38.3 Å². The van der Waals surface area contributed by atoms with E-state index in [1.165, 1.54) is 28.0 Å². The lowest BCUT2D eigenvalue weighted by Gasteiger charge is -2.06. The molecule has 0 spiro atoms. The van der Waals surface area contributed by atoms with Crippen LogP contribution in [0.15, 0.2) is 58.9 Å². The van der Waals surface area contributed by atoms with Crippen molar-refractivity contribution in [3.63, 3.8) is 0 Å². The average molecular weight is 502 g/mol. The zero-order valence-corrected chi connectivity index (χ0v) is 20.5. The van der Waals surface area contributed by atoms with Crippen LogP contribution in [-0.4, -0.2) is 31.4 Å². The van der Waals surface area contributed by atoms with Crippen LogP contribution in [0.5, 0.6) is 0 Å². The summed E-state index contributed by atoms with van der Waals surface area (Å²) in [6.45, 7) is 6.54. The van der Waals surface area contributed by atoms with E-state index in [-0.39, 0.29) is 11.7 Å². The largest absolute Gasteiger partial charge is 0.301 e. The highest BCUT2D eigenvalue weighted by Gasteiger charge is 2.16. The lowest BCUT2D eigenvalue weighted by Crippen LogP contribution is -2.14. The van der Waals surface area contributed by atoms with Crippen LogP contribution in [0.4, 0.5) is 5.13 Å². The molecular formula is C22H20ClN5OS3. The van der Waals surface area contributed by atoms with Gasteiger partial charge in [-0.1, -0.05) is 48.5 Å². The second-order valence-electron chi connectivity index (χ2n) is 6.74. The van der Waals surface area contributed by atoms with E-state index in [0.29, 0.717) is 21.9 Å². The van der Waals surface area contributed by atoms with Crippen LogP contribution >= 0.6 is 46.0 Å². The SMILES string of the molecule is C=CCn1c(SCC(=O)Nc2nc(-c3ccc(Cl)cc3)cs2)nnc1-c1csc(CC)c1. The molecule has 1 N–H and O–H groups in total. The van der Waals surface area contributed by atoms with E-state index in [1.807, 2.05) is 34.2 Å². The van der Waals surface area contributed by atoms with Crippen molar-refractivity contribution in [1.29, 1.82) is 0 Å². The fraction of sp³-hybridized carbons (Fsp3) is 0.182. The summed E-state index contributed by atoms with van der Waals surface area (Å²) in [6.07, 6.45) is 2.79. The molecule has 3 aromatic heterocycles. The Bertz CT molecular complexity index is 1230. The molecule has 0 aliphatic carbocycles. The Morgan fingerprint density at radius 1 is 1.22 bits per heavy atom. The number of carbonyl (C=O) groups is 1. The zero-order chi connectivity index (χ0) is 22.5. The van der Waals surface area contributed by atoms with Crippen molar-refractivity contribution in [3.8, 4) is 22.6 Å². The molecule has 0 unspecified atom stereocenters. The third-order valence-electron chi connectivity index (χ3n) is 4.51. The molecule has 0 saturated carbocycles. The van der Waals surface area contributed by atoms with Crippen molar-refractivity contribution in [1.82, 2.24) is 19.7 Å². The van der Waals surface area contributed by atoms with Crippen molar-refractivity contribution in [2.75, 3.05) is 11.1 Å². The van der Waals surface area contributed by atoms with E-state index in [2.05, 4.69) is 45.4 Å². The number of halogens is 1. The molecule has 0 bridgehead atoms. The quantitative estimate of drug-likeness (QED) is 0.216. The van der Waals surface area contributed by atoms with Crippen molar-refractivity contribution < 1.29 is 4.79 Å². The molecule has 4 rings (SSSR count). The number of aryl methyl sites for hydroxylation is 1. The maximum atomic E-state index is 12.5. The van der Waals surface area contributed by atoms with Crippen LogP contribution in [0, 0.1) is 0 Å². The van der Waals surface area contributed by atoms with Gasteiger partial charge in [0.15, 0.2) is 16.1 Å². The molecule has 6 nitrogen and oxygen atoms in total. The number of thiophene rings is 1. The fourth-order valence-corrected chi connectivity index (χ4v) is 5.38. The molecule has 10 heteroatoms. The molecule has 0 radical (unpaired) electrons. The van der Waals surface area contributed by atoms with Crippen molar-refractivity contribution in [2.24, 2.45) is 0 Å².